The van der Waals surface area contributed by atoms with Gasteiger partial charge >= 0.3 is 0 Å². The molecule has 1 aromatic carbocycles. The van der Waals surface area contributed by atoms with Crippen LogP contribution in [0.3, 0.4) is 0 Å². The average Bonchev–Trinajstić information content (AvgIpc) is 2.58. The molecule has 2 N–H and O–H groups in total. The molecule has 0 saturated heterocycles. The Morgan fingerprint density at radius 1 is 0.679 bits per heavy atom. The third-order valence-corrected chi connectivity index (χ3v) is 4.79. The summed E-state index contributed by atoms with van der Waals surface area (Å²) in [6, 6.07) is 3.56. The van der Waals surface area contributed by atoms with Gasteiger partial charge in [-0.25, -0.2) is 0 Å². The van der Waals surface area contributed by atoms with Crippen molar-refractivity contribution in [3.63, 3.8) is 0 Å². The van der Waals surface area contributed by atoms with Crippen LogP contribution in [0.4, 0.5) is 0 Å². The molecule has 0 aliphatic heterocycles. The fraction of sp³-hybridized carbons (Fsp3) is 0.462. The Bertz CT molecular complexity index is 730. The standard InChI is InChI=1S/C26H38O2/c1-19(2)9-7-11-21(5)13-15-23-17-25(27)24(26(28)18-23)16-14-22(6)12-8-10-20(3)4/h9-10,13-14,17-18,27-28H,7-8,11-12,15-16H2,1-6H3. The maximum absolute atomic E-state index is 10.4. The predicted octanol–water partition coefficient (Wildman–Crippen LogP) is 7.57. The van der Waals surface area contributed by atoms with Gasteiger partial charge < -0.3 is 10.2 Å². The zero-order chi connectivity index (χ0) is 21.1. The summed E-state index contributed by atoms with van der Waals surface area (Å²) >= 11 is 0. The predicted molar refractivity (Wildman–Crippen MR) is 122 cm³/mol. The summed E-state index contributed by atoms with van der Waals surface area (Å²) in [5.41, 5.74) is 6.82. The monoisotopic (exact) mass is 382 g/mol. The van der Waals surface area contributed by atoms with E-state index < -0.39 is 0 Å². The van der Waals surface area contributed by atoms with Gasteiger partial charge in [0.25, 0.3) is 0 Å². The van der Waals surface area contributed by atoms with E-state index in [-0.39, 0.29) is 11.5 Å². The molecule has 0 spiro atoms. The summed E-state index contributed by atoms with van der Waals surface area (Å²) < 4.78 is 0. The lowest BCUT2D eigenvalue weighted by Gasteiger charge is -2.09. The summed E-state index contributed by atoms with van der Waals surface area (Å²) in [5.74, 6) is 0.359. The van der Waals surface area contributed by atoms with Gasteiger partial charge in [-0.2, -0.15) is 0 Å². The number of allylic oxidation sites excluding steroid dienone is 8. The average molecular weight is 383 g/mol. The first-order valence-corrected chi connectivity index (χ1v) is 10.3. The first kappa shape index (κ1) is 23.8. The maximum atomic E-state index is 10.4. The number of benzene rings is 1. The Morgan fingerprint density at radius 3 is 1.54 bits per heavy atom. The van der Waals surface area contributed by atoms with Gasteiger partial charge in [-0.3, -0.25) is 0 Å². The van der Waals surface area contributed by atoms with Crippen molar-refractivity contribution >= 4 is 0 Å². The van der Waals surface area contributed by atoms with E-state index in [1.807, 2.05) is 0 Å². The molecular formula is C26H38O2. The molecule has 0 bridgehead atoms. The largest absolute Gasteiger partial charge is 0.508 e. The first-order valence-electron chi connectivity index (χ1n) is 10.3. The van der Waals surface area contributed by atoms with Crippen LogP contribution < -0.4 is 0 Å². The van der Waals surface area contributed by atoms with Crippen LogP contribution in [0.2, 0.25) is 0 Å². The summed E-state index contributed by atoms with van der Waals surface area (Å²) in [5, 5.41) is 20.7. The molecule has 2 nitrogen and oxygen atoms in total. The third kappa shape index (κ3) is 9.64. The number of phenolic OH excluding ortho intramolecular Hbond substituents is 2. The lowest BCUT2D eigenvalue weighted by molar-refractivity contribution is 0.440. The molecule has 0 aliphatic carbocycles. The summed E-state index contributed by atoms with van der Waals surface area (Å²) in [6.07, 6.45) is 14.2. The van der Waals surface area contributed by atoms with E-state index in [1.54, 1.807) is 12.1 Å². The smallest absolute Gasteiger partial charge is 0.123 e. The van der Waals surface area contributed by atoms with Gasteiger partial charge in [0.05, 0.1) is 0 Å². The molecular weight excluding hydrogens is 344 g/mol. The highest BCUT2D eigenvalue weighted by Gasteiger charge is 2.08. The van der Waals surface area contributed by atoms with Crippen LogP contribution in [-0.4, -0.2) is 10.2 Å². The highest BCUT2D eigenvalue weighted by atomic mass is 16.3. The Kier molecular flexibility index (Phi) is 10.4. The number of aromatic hydroxyl groups is 2. The van der Waals surface area contributed by atoms with E-state index in [0.717, 1.165) is 37.7 Å². The van der Waals surface area contributed by atoms with Crippen LogP contribution in [0.25, 0.3) is 0 Å². The minimum absolute atomic E-state index is 0.180. The molecule has 2 heteroatoms. The molecule has 0 amide bonds. The Morgan fingerprint density at radius 2 is 1.11 bits per heavy atom. The molecule has 28 heavy (non-hydrogen) atoms. The second kappa shape index (κ2) is 12.3. The topological polar surface area (TPSA) is 40.5 Å². The number of hydrogen-bond donors (Lipinski definition) is 2. The van der Waals surface area contributed by atoms with Crippen molar-refractivity contribution in [3.05, 3.63) is 69.9 Å². The van der Waals surface area contributed by atoms with E-state index in [1.165, 1.54) is 22.3 Å². The van der Waals surface area contributed by atoms with E-state index in [9.17, 15) is 10.2 Å². The molecule has 1 rings (SSSR count). The zero-order valence-electron chi connectivity index (χ0n) is 18.6. The zero-order valence-corrected chi connectivity index (χ0v) is 18.6. The van der Waals surface area contributed by atoms with Crippen LogP contribution in [0.1, 0.15) is 78.4 Å². The number of rotatable bonds is 10. The molecule has 0 aromatic heterocycles. The number of phenols is 2. The quantitative estimate of drug-likeness (QED) is 0.410. The Labute approximate surface area is 172 Å². The van der Waals surface area contributed by atoms with Gasteiger partial charge in [0.15, 0.2) is 0 Å². The van der Waals surface area contributed by atoms with Crippen molar-refractivity contribution in [1.29, 1.82) is 0 Å². The second-order valence-electron chi connectivity index (χ2n) is 8.26. The van der Waals surface area contributed by atoms with Crippen molar-refractivity contribution in [2.24, 2.45) is 0 Å². The van der Waals surface area contributed by atoms with Crippen LogP contribution in [0.5, 0.6) is 11.5 Å². The molecule has 0 fully saturated rings. The molecule has 154 valence electrons. The molecule has 0 unspecified atom stereocenters. The second-order valence-corrected chi connectivity index (χ2v) is 8.26. The summed E-state index contributed by atoms with van der Waals surface area (Å²) in [6.45, 7) is 12.7. The van der Waals surface area contributed by atoms with Gasteiger partial charge in [-0.1, -0.05) is 46.6 Å². The SMILES string of the molecule is CC(C)=CCCC(C)=CCc1cc(O)c(CC=C(C)CCC=C(C)C)c(O)c1. The molecule has 0 atom stereocenters. The van der Waals surface area contributed by atoms with Crippen molar-refractivity contribution in [2.45, 2.75) is 80.1 Å². The van der Waals surface area contributed by atoms with Crippen LogP contribution in [-0.2, 0) is 12.8 Å². The van der Waals surface area contributed by atoms with Gasteiger partial charge in [-0.15, -0.1) is 0 Å². The lowest BCUT2D eigenvalue weighted by Crippen LogP contribution is -1.90. The number of hydrogen-bond acceptors (Lipinski definition) is 2. The third-order valence-electron chi connectivity index (χ3n) is 4.79. The Hall–Kier alpha value is -2.22. The van der Waals surface area contributed by atoms with E-state index in [4.69, 9.17) is 0 Å². The minimum Gasteiger partial charge on any atom is -0.508 e. The van der Waals surface area contributed by atoms with E-state index in [2.05, 4.69) is 65.8 Å². The first-order chi connectivity index (χ1) is 13.2. The van der Waals surface area contributed by atoms with Crippen molar-refractivity contribution in [3.8, 4) is 11.5 Å². The van der Waals surface area contributed by atoms with Crippen LogP contribution in [0.15, 0.2) is 58.7 Å². The minimum atomic E-state index is 0.180. The van der Waals surface area contributed by atoms with E-state index in [0.29, 0.717) is 12.0 Å². The Balaban J connectivity index is 2.71. The molecule has 1 aromatic rings. The van der Waals surface area contributed by atoms with Gasteiger partial charge in [0, 0.05) is 5.56 Å². The fourth-order valence-electron chi connectivity index (χ4n) is 2.97. The van der Waals surface area contributed by atoms with Crippen molar-refractivity contribution in [1.82, 2.24) is 0 Å². The normalized spacial score (nSPS) is 12.1. The van der Waals surface area contributed by atoms with Crippen molar-refractivity contribution < 1.29 is 10.2 Å². The van der Waals surface area contributed by atoms with E-state index >= 15 is 0 Å². The van der Waals surface area contributed by atoms with Crippen LogP contribution >= 0.6 is 0 Å². The summed E-state index contributed by atoms with van der Waals surface area (Å²) in [7, 11) is 0. The molecule has 0 saturated carbocycles. The van der Waals surface area contributed by atoms with Crippen LogP contribution in [0, 0.1) is 0 Å². The van der Waals surface area contributed by atoms with Crippen molar-refractivity contribution in [2.75, 3.05) is 0 Å². The summed E-state index contributed by atoms with van der Waals surface area (Å²) in [4.78, 5) is 0. The van der Waals surface area contributed by atoms with Gasteiger partial charge in [-0.05, 0) is 97.8 Å². The molecule has 0 heterocycles. The molecule has 0 aliphatic rings. The fourth-order valence-corrected chi connectivity index (χ4v) is 2.97. The van der Waals surface area contributed by atoms with Gasteiger partial charge in [0.1, 0.15) is 11.5 Å². The highest BCUT2D eigenvalue weighted by Crippen LogP contribution is 2.30. The lowest BCUT2D eigenvalue weighted by atomic mass is 10.0. The highest BCUT2D eigenvalue weighted by molar-refractivity contribution is 5.48. The van der Waals surface area contributed by atoms with Gasteiger partial charge in [0.2, 0.25) is 0 Å². The molecule has 0 radical (unpaired) electrons. The maximum Gasteiger partial charge on any atom is 0.123 e.